The van der Waals surface area contributed by atoms with Crippen molar-refractivity contribution in [2.45, 2.75) is 43.9 Å². The molecule has 9 nitrogen and oxygen atoms in total. The number of halogens is 6. The molecule has 0 unspecified atom stereocenters. The van der Waals surface area contributed by atoms with Gasteiger partial charge in [-0.05, 0) is 38.7 Å². The Bertz CT molecular complexity index is 1700. The van der Waals surface area contributed by atoms with Crippen molar-refractivity contribution in [1.29, 1.82) is 0 Å². The summed E-state index contributed by atoms with van der Waals surface area (Å²) in [5, 5.41) is 10.3. The van der Waals surface area contributed by atoms with E-state index in [4.69, 9.17) is 21.4 Å². The van der Waals surface area contributed by atoms with Gasteiger partial charge in [0.1, 0.15) is 29.3 Å². The number of hydrogen-bond acceptors (Lipinski definition) is 7. The molecule has 0 amide bonds. The highest BCUT2D eigenvalue weighted by Crippen LogP contribution is 2.42. The molecular weight excluding hydrogens is 649 g/mol. The minimum absolute atomic E-state index is 0.0113. The van der Waals surface area contributed by atoms with Gasteiger partial charge >= 0.3 is 11.9 Å². The van der Waals surface area contributed by atoms with Gasteiger partial charge in [-0.15, -0.1) is 0 Å². The van der Waals surface area contributed by atoms with E-state index in [1.54, 1.807) is 0 Å². The summed E-state index contributed by atoms with van der Waals surface area (Å²) in [4.78, 5) is 28.9. The first-order valence-electron chi connectivity index (χ1n) is 14.0. The Morgan fingerprint density at radius 1 is 1.07 bits per heavy atom. The molecule has 5 rings (SSSR count). The van der Waals surface area contributed by atoms with Gasteiger partial charge < -0.3 is 15.2 Å². The Hall–Kier alpha value is -3.56. The Morgan fingerprint density at radius 2 is 1.69 bits per heavy atom. The molecule has 0 aromatic heterocycles. The molecule has 2 heterocycles. The average molecular weight is 676 g/mol. The number of nitrogens with one attached hydrogen (secondary N) is 1. The maximum Gasteiger partial charge on any atom is 0.338 e. The van der Waals surface area contributed by atoms with Gasteiger partial charge in [0.15, 0.2) is 11.6 Å². The van der Waals surface area contributed by atoms with Crippen molar-refractivity contribution in [3.63, 3.8) is 0 Å². The van der Waals surface area contributed by atoms with Crippen LogP contribution >= 0.6 is 11.6 Å². The number of aliphatic imine (C=N–C) groups is 1. The molecule has 2 aromatic carbocycles. The lowest BCUT2D eigenvalue weighted by atomic mass is 9.85. The zero-order valence-electron chi connectivity index (χ0n) is 23.6. The second kappa shape index (κ2) is 12.7. The van der Waals surface area contributed by atoms with Crippen LogP contribution in [0.4, 0.5) is 22.0 Å². The lowest BCUT2D eigenvalue weighted by Gasteiger charge is -2.40. The largest absolute Gasteiger partial charge is 0.481 e. The van der Waals surface area contributed by atoms with E-state index in [1.165, 1.54) is 11.2 Å². The first-order valence-corrected chi connectivity index (χ1v) is 15.9. The molecule has 0 bridgehead atoms. The van der Waals surface area contributed by atoms with Crippen LogP contribution in [0.15, 0.2) is 40.5 Å². The smallest absolute Gasteiger partial charge is 0.338 e. The van der Waals surface area contributed by atoms with Crippen molar-refractivity contribution >= 4 is 39.4 Å². The molecule has 1 saturated carbocycles. The van der Waals surface area contributed by atoms with Crippen LogP contribution in [0, 0.1) is 40.9 Å². The summed E-state index contributed by atoms with van der Waals surface area (Å²) in [5.41, 5.74) is -1.20. The van der Waals surface area contributed by atoms with Gasteiger partial charge in [0.25, 0.3) is 0 Å². The third-order valence-corrected chi connectivity index (χ3v) is 11.0. The van der Waals surface area contributed by atoms with Gasteiger partial charge in [-0.25, -0.2) is 39.5 Å². The van der Waals surface area contributed by atoms with E-state index in [2.05, 4.69) is 10.3 Å². The third kappa shape index (κ3) is 6.17. The number of carboxylic acid groups (broad SMARTS) is 1. The summed E-state index contributed by atoms with van der Waals surface area (Å²) in [7, 11) is -3.83. The fourth-order valence-corrected chi connectivity index (χ4v) is 8.16. The molecule has 2 N–H and O–H groups in total. The maximum absolute atomic E-state index is 15.0. The van der Waals surface area contributed by atoms with Crippen molar-refractivity contribution in [3.05, 3.63) is 80.8 Å². The number of nitrogens with zero attached hydrogens (tertiary/aromatic N) is 2. The summed E-state index contributed by atoms with van der Waals surface area (Å²) < 4.78 is 105. The molecule has 2 aliphatic heterocycles. The van der Waals surface area contributed by atoms with Crippen LogP contribution in [-0.4, -0.2) is 60.6 Å². The number of piperidine rings is 1. The number of amidine groups is 1. The number of carbonyl (C=O) groups is 2. The van der Waals surface area contributed by atoms with Gasteiger partial charge in [0, 0.05) is 42.4 Å². The predicted octanol–water partition coefficient (Wildman–Crippen LogP) is 4.85. The molecule has 242 valence electrons. The lowest BCUT2D eigenvalue weighted by Crippen LogP contribution is -2.50. The summed E-state index contributed by atoms with van der Waals surface area (Å²) in [6.07, 6.45) is 0.171. The van der Waals surface area contributed by atoms with Gasteiger partial charge in [-0.3, -0.25) is 9.79 Å². The lowest BCUT2D eigenvalue weighted by molar-refractivity contribution is -0.144. The monoisotopic (exact) mass is 675 g/mol. The normalized spacial score (nSPS) is 22.8. The van der Waals surface area contributed by atoms with Crippen molar-refractivity contribution < 1.29 is 49.8 Å². The number of carboxylic acids is 1. The summed E-state index contributed by atoms with van der Waals surface area (Å²) >= 11 is 6.15. The molecule has 1 atom stereocenters. The number of allylic oxidation sites excluding steroid dienone is 1. The van der Waals surface area contributed by atoms with Crippen molar-refractivity contribution in [3.8, 4) is 0 Å². The molecule has 2 fully saturated rings. The van der Waals surface area contributed by atoms with E-state index in [0.29, 0.717) is 12.1 Å². The third-order valence-electron chi connectivity index (χ3n) is 8.26. The predicted molar refractivity (Wildman–Crippen MR) is 151 cm³/mol. The molecule has 0 radical (unpaired) electrons. The van der Waals surface area contributed by atoms with Crippen LogP contribution in [0.5, 0.6) is 0 Å². The molecule has 2 aromatic rings. The Balaban J connectivity index is 1.56. The quantitative estimate of drug-likeness (QED) is 0.233. The highest BCUT2D eigenvalue weighted by atomic mass is 35.5. The minimum atomic E-state index is -3.83. The number of ether oxygens (including phenoxy) is 1. The van der Waals surface area contributed by atoms with Gasteiger partial charge in [0.2, 0.25) is 10.0 Å². The van der Waals surface area contributed by atoms with E-state index in [-0.39, 0.29) is 62.2 Å². The SMILES string of the molecule is CCOC(=O)C1=C(C2CCN(S(=O)(=O)C3CC(C(=O)O)C3)CC2)NC(c2c(F)cc(F)cc2F)=N[C@H]1c1ccc(F)c(F)c1Cl. The van der Waals surface area contributed by atoms with Gasteiger partial charge in [-0.1, -0.05) is 17.7 Å². The first kappa shape index (κ1) is 32.8. The number of sulfonamides is 1. The van der Waals surface area contributed by atoms with E-state index >= 15 is 0 Å². The zero-order valence-corrected chi connectivity index (χ0v) is 25.2. The molecule has 45 heavy (non-hydrogen) atoms. The Morgan fingerprint density at radius 3 is 2.27 bits per heavy atom. The summed E-state index contributed by atoms with van der Waals surface area (Å²) in [6, 6.07) is 1.08. The van der Waals surface area contributed by atoms with E-state index in [1.807, 2.05) is 0 Å². The first-order chi connectivity index (χ1) is 21.2. The number of aliphatic carboxylic acids is 1. The minimum Gasteiger partial charge on any atom is -0.481 e. The molecule has 3 aliphatic rings. The molecule has 0 spiro atoms. The fraction of sp³-hybridized carbons (Fsp3) is 0.414. The second-order valence-electron chi connectivity index (χ2n) is 10.9. The van der Waals surface area contributed by atoms with Crippen LogP contribution in [0.3, 0.4) is 0 Å². The highest BCUT2D eigenvalue weighted by Gasteiger charge is 2.46. The molecule has 1 aliphatic carbocycles. The van der Waals surface area contributed by atoms with Crippen LogP contribution in [0.25, 0.3) is 0 Å². The number of hydrogen-bond donors (Lipinski definition) is 2. The Labute approximate surface area is 259 Å². The van der Waals surface area contributed by atoms with Crippen LogP contribution in [0.1, 0.15) is 49.8 Å². The van der Waals surface area contributed by atoms with Crippen molar-refractivity contribution in [2.75, 3.05) is 19.7 Å². The maximum atomic E-state index is 15.0. The van der Waals surface area contributed by atoms with E-state index in [9.17, 15) is 40.0 Å². The van der Waals surface area contributed by atoms with Gasteiger partial charge in [0.05, 0.1) is 33.9 Å². The van der Waals surface area contributed by atoms with Crippen LogP contribution in [-0.2, 0) is 24.3 Å². The number of benzene rings is 2. The van der Waals surface area contributed by atoms with Crippen LogP contribution < -0.4 is 5.32 Å². The molecular formula is C29H27ClF5N3O6S. The Kier molecular flexibility index (Phi) is 9.25. The summed E-state index contributed by atoms with van der Waals surface area (Å²) in [6.45, 7) is 1.33. The van der Waals surface area contributed by atoms with E-state index < -0.39 is 90.6 Å². The highest BCUT2D eigenvalue weighted by molar-refractivity contribution is 7.89. The summed E-state index contributed by atoms with van der Waals surface area (Å²) in [5.74, 6) is -10.5. The topological polar surface area (TPSA) is 125 Å². The standard InChI is InChI=1S/C29H27ClF5N3O6S/c1-2-44-29(41)22-25(13-5-7-38(8-6-13)45(42,43)16-9-14(10-16)28(39)40)36-27(21-19(33)11-15(31)12-20(21)34)37-26(22)17-3-4-18(32)24(35)23(17)30/h3-4,11-14,16,26H,2,5-10H2,1H3,(H,36,37)(H,39,40)/t14?,16?,26-/m0/s1. The average Bonchev–Trinajstić information content (AvgIpc) is 2.94. The van der Waals surface area contributed by atoms with E-state index in [0.717, 1.165) is 12.1 Å². The zero-order chi connectivity index (χ0) is 32.8. The molecule has 1 saturated heterocycles. The van der Waals surface area contributed by atoms with Crippen molar-refractivity contribution in [2.24, 2.45) is 16.8 Å². The number of esters is 1. The van der Waals surface area contributed by atoms with Crippen LogP contribution in [0.2, 0.25) is 5.02 Å². The fourth-order valence-electron chi connectivity index (χ4n) is 5.81. The number of rotatable bonds is 8. The number of carbonyl (C=O) groups excluding carboxylic acids is 1. The van der Waals surface area contributed by atoms with Crippen molar-refractivity contribution in [1.82, 2.24) is 9.62 Å². The second-order valence-corrected chi connectivity index (χ2v) is 13.5. The molecule has 16 heteroatoms. The van der Waals surface area contributed by atoms with Gasteiger partial charge in [-0.2, -0.15) is 0 Å².